The third kappa shape index (κ3) is 4.17. The highest BCUT2D eigenvalue weighted by atomic mass is 16.4. The van der Waals surface area contributed by atoms with Crippen LogP contribution in [-0.2, 0) is 22.0 Å². The summed E-state index contributed by atoms with van der Waals surface area (Å²) < 4.78 is 0. The third-order valence-electron chi connectivity index (χ3n) is 6.66. The molecule has 1 aliphatic carbocycles. The van der Waals surface area contributed by atoms with E-state index in [1.807, 2.05) is 18.2 Å². The van der Waals surface area contributed by atoms with Gasteiger partial charge in [0, 0.05) is 0 Å². The molecule has 0 heterocycles. The summed E-state index contributed by atoms with van der Waals surface area (Å²) in [6, 6.07) is 12.7. The highest BCUT2D eigenvalue weighted by Crippen LogP contribution is 2.48. The fourth-order valence-corrected chi connectivity index (χ4v) is 4.50. The van der Waals surface area contributed by atoms with Crippen molar-refractivity contribution < 1.29 is 9.90 Å². The van der Waals surface area contributed by atoms with Crippen molar-refractivity contribution in [3.63, 3.8) is 0 Å². The van der Waals surface area contributed by atoms with E-state index in [9.17, 15) is 9.90 Å². The number of benzene rings is 2. The van der Waals surface area contributed by atoms with Crippen molar-refractivity contribution in [2.75, 3.05) is 0 Å². The first-order valence-corrected chi connectivity index (χ1v) is 10.8. The second-order valence-electron chi connectivity index (χ2n) is 9.79. The molecule has 1 N–H and O–H groups in total. The smallest absolute Gasteiger partial charge is 0.335 e. The van der Waals surface area contributed by atoms with Crippen LogP contribution in [0.3, 0.4) is 0 Å². The first-order chi connectivity index (χ1) is 13.6. The van der Waals surface area contributed by atoms with Crippen LogP contribution in [-0.4, -0.2) is 11.1 Å². The molecule has 2 heteroatoms. The largest absolute Gasteiger partial charge is 0.478 e. The zero-order valence-corrected chi connectivity index (χ0v) is 18.6. The molecule has 3 rings (SSSR count). The summed E-state index contributed by atoms with van der Waals surface area (Å²) in [4.78, 5) is 11.4. The van der Waals surface area contributed by atoms with Crippen LogP contribution in [0.25, 0.3) is 16.7 Å². The number of carbonyl (C=O) groups is 1. The quantitative estimate of drug-likeness (QED) is 0.532. The highest BCUT2D eigenvalue weighted by molar-refractivity contribution is 6.14. The van der Waals surface area contributed by atoms with Crippen LogP contribution in [0.2, 0.25) is 0 Å². The van der Waals surface area contributed by atoms with Gasteiger partial charge in [0.25, 0.3) is 0 Å². The molecule has 0 saturated carbocycles. The average Bonchev–Trinajstić information content (AvgIpc) is 2.68. The normalized spacial score (nSPS) is 16.9. The maximum atomic E-state index is 11.4. The topological polar surface area (TPSA) is 37.3 Å². The van der Waals surface area contributed by atoms with E-state index in [4.69, 9.17) is 0 Å². The molecule has 0 unspecified atom stereocenters. The Bertz CT molecular complexity index is 947. The van der Waals surface area contributed by atoms with Crippen LogP contribution < -0.4 is 0 Å². The lowest BCUT2D eigenvalue weighted by Gasteiger charge is -2.42. The van der Waals surface area contributed by atoms with Gasteiger partial charge in [-0.25, -0.2) is 4.79 Å². The molecule has 0 aromatic heterocycles. The van der Waals surface area contributed by atoms with Gasteiger partial charge in [-0.3, -0.25) is 0 Å². The minimum absolute atomic E-state index is 0.140. The molecule has 0 atom stereocenters. The maximum absolute atomic E-state index is 11.4. The first kappa shape index (κ1) is 21.4. The van der Waals surface area contributed by atoms with Gasteiger partial charge in [0.1, 0.15) is 0 Å². The van der Waals surface area contributed by atoms with E-state index in [0.29, 0.717) is 5.56 Å². The number of unbranched alkanes of at least 4 members (excludes halogenated alkanes) is 1. The molecule has 2 aromatic rings. The molecule has 2 aromatic carbocycles. The van der Waals surface area contributed by atoms with Crippen molar-refractivity contribution in [1.29, 1.82) is 0 Å². The SMILES string of the molecule is C=C(C(=O)O)c1cccc(-c2cc3c(cc2CCCC)C(C)(C)CCC3(C)C)c1. The standard InChI is InChI=1S/C27H34O2/c1-7-8-10-21-16-23-24(27(5,6)14-13-26(23,3)4)17-22(21)20-12-9-11-19(15-20)18(2)25(28)29/h9,11-12,15-17H,2,7-8,10,13-14H2,1,3-6H3,(H,28,29). The van der Waals surface area contributed by atoms with Crippen LogP contribution in [0.4, 0.5) is 0 Å². The Kier molecular flexibility index (Phi) is 5.76. The lowest BCUT2D eigenvalue weighted by molar-refractivity contribution is -0.130. The first-order valence-electron chi connectivity index (χ1n) is 10.8. The molecule has 0 bridgehead atoms. The van der Waals surface area contributed by atoms with Gasteiger partial charge in [0.15, 0.2) is 0 Å². The Morgan fingerprint density at radius 3 is 2.24 bits per heavy atom. The van der Waals surface area contributed by atoms with E-state index in [1.54, 1.807) is 0 Å². The van der Waals surface area contributed by atoms with Gasteiger partial charge in [-0.1, -0.05) is 78.0 Å². The van der Waals surface area contributed by atoms with Crippen LogP contribution >= 0.6 is 0 Å². The third-order valence-corrected chi connectivity index (χ3v) is 6.66. The van der Waals surface area contributed by atoms with E-state index in [1.165, 1.54) is 35.1 Å². The summed E-state index contributed by atoms with van der Waals surface area (Å²) in [6.07, 6.45) is 5.72. The molecular weight excluding hydrogens is 356 g/mol. The number of carboxylic acids is 1. The van der Waals surface area contributed by atoms with E-state index in [0.717, 1.165) is 24.8 Å². The van der Waals surface area contributed by atoms with Gasteiger partial charge in [-0.05, 0) is 76.0 Å². The number of carboxylic acid groups (broad SMARTS) is 1. The van der Waals surface area contributed by atoms with E-state index in [-0.39, 0.29) is 16.4 Å². The number of hydrogen-bond acceptors (Lipinski definition) is 1. The summed E-state index contributed by atoms with van der Waals surface area (Å²) >= 11 is 0. The molecule has 29 heavy (non-hydrogen) atoms. The summed E-state index contributed by atoms with van der Waals surface area (Å²) in [7, 11) is 0. The van der Waals surface area contributed by atoms with Crippen LogP contribution in [0.1, 0.15) is 82.6 Å². The zero-order chi connectivity index (χ0) is 21.4. The minimum Gasteiger partial charge on any atom is -0.478 e. The molecule has 0 amide bonds. The number of aryl methyl sites for hydroxylation is 1. The van der Waals surface area contributed by atoms with Crippen molar-refractivity contribution in [1.82, 2.24) is 0 Å². The molecule has 0 aliphatic heterocycles. The van der Waals surface area contributed by atoms with Gasteiger partial charge in [-0.2, -0.15) is 0 Å². The molecule has 2 nitrogen and oxygen atoms in total. The highest BCUT2D eigenvalue weighted by Gasteiger charge is 2.37. The van der Waals surface area contributed by atoms with Crippen LogP contribution in [0.15, 0.2) is 43.0 Å². The number of rotatable bonds is 6. The molecule has 0 saturated heterocycles. The van der Waals surface area contributed by atoms with Gasteiger partial charge >= 0.3 is 5.97 Å². The van der Waals surface area contributed by atoms with Crippen molar-refractivity contribution in [2.24, 2.45) is 0 Å². The van der Waals surface area contributed by atoms with Gasteiger partial charge in [0.05, 0.1) is 5.57 Å². The summed E-state index contributed by atoms with van der Waals surface area (Å²) in [5, 5.41) is 9.35. The number of fused-ring (bicyclic) bond motifs is 1. The van der Waals surface area contributed by atoms with E-state index in [2.05, 4.69) is 59.4 Å². The Hall–Kier alpha value is -2.35. The van der Waals surface area contributed by atoms with Crippen LogP contribution in [0, 0.1) is 0 Å². The second-order valence-corrected chi connectivity index (χ2v) is 9.79. The predicted octanol–water partition coefficient (Wildman–Crippen LogP) is 7.14. The van der Waals surface area contributed by atoms with Crippen molar-refractivity contribution >= 4 is 11.5 Å². The molecule has 0 fully saturated rings. The lowest BCUT2D eigenvalue weighted by Crippen LogP contribution is -2.34. The summed E-state index contributed by atoms with van der Waals surface area (Å²) in [5.74, 6) is -0.971. The Balaban J connectivity index is 2.22. The predicted molar refractivity (Wildman–Crippen MR) is 122 cm³/mol. The fourth-order valence-electron chi connectivity index (χ4n) is 4.50. The van der Waals surface area contributed by atoms with Crippen molar-refractivity contribution in [2.45, 2.75) is 77.6 Å². The minimum atomic E-state index is -0.971. The average molecular weight is 391 g/mol. The molecular formula is C27H34O2. The Morgan fingerprint density at radius 1 is 1.03 bits per heavy atom. The number of hydrogen-bond donors (Lipinski definition) is 1. The summed E-state index contributed by atoms with van der Waals surface area (Å²) in [6.45, 7) is 15.4. The monoisotopic (exact) mass is 390 g/mol. The zero-order valence-electron chi connectivity index (χ0n) is 18.6. The molecule has 0 spiro atoms. The van der Waals surface area contributed by atoms with Gasteiger partial charge in [0.2, 0.25) is 0 Å². The second kappa shape index (κ2) is 7.82. The lowest BCUT2D eigenvalue weighted by atomic mass is 9.62. The van der Waals surface area contributed by atoms with Gasteiger partial charge in [-0.15, -0.1) is 0 Å². The van der Waals surface area contributed by atoms with E-state index < -0.39 is 5.97 Å². The van der Waals surface area contributed by atoms with Crippen molar-refractivity contribution in [3.8, 4) is 11.1 Å². The van der Waals surface area contributed by atoms with Crippen molar-refractivity contribution in [3.05, 3.63) is 65.2 Å². The summed E-state index contributed by atoms with van der Waals surface area (Å²) in [5.41, 5.74) is 7.75. The Morgan fingerprint density at radius 2 is 1.66 bits per heavy atom. The fraction of sp³-hybridized carbons (Fsp3) is 0.444. The Labute approximate surface area is 175 Å². The molecule has 1 aliphatic rings. The van der Waals surface area contributed by atoms with Crippen LogP contribution in [0.5, 0.6) is 0 Å². The molecule has 154 valence electrons. The number of aliphatic carboxylic acids is 1. The maximum Gasteiger partial charge on any atom is 0.335 e. The van der Waals surface area contributed by atoms with Gasteiger partial charge < -0.3 is 5.11 Å². The van der Waals surface area contributed by atoms with E-state index >= 15 is 0 Å². The molecule has 0 radical (unpaired) electrons.